The first kappa shape index (κ1) is 10.4. The van der Waals surface area contributed by atoms with E-state index in [1.54, 1.807) is 14.2 Å². The Kier molecular flexibility index (Phi) is 24.0. The Hall–Kier alpha value is 0.427. The molecule has 0 aliphatic carbocycles. The molecular weight excluding hydrogens is 132 g/mol. The zero-order valence-electron chi connectivity index (χ0n) is 4.90. The van der Waals surface area contributed by atoms with Gasteiger partial charge in [-0.15, -0.1) is 11.6 Å². The van der Waals surface area contributed by atoms with E-state index < -0.39 is 10.0 Å². The second kappa shape index (κ2) is 16.1. The maximum atomic E-state index is 4.64. The molecule has 0 aliphatic heterocycles. The van der Waals surface area contributed by atoms with Crippen LogP contribution in [0.2, 0.25) is 0 Å². The van der Waals surface area contributed by atoms with Crippen molar-refractivity contribution in [1.29, 1.82) is 0 Å². The van der Waals surface area contributed by atoms with E-state index in [1.807, 2.05) is 0 Å². The van der Waals surface area contributed by atoms with E-state index >= 15 is 0 Å². The lowest BCUT2D eigenvalue weighted by atomic mass is 11.8. The van der Waals surface area contributed by atoms with Crippen molar-refractivity contribution < 1.29 is 8.85 Å². The monoisotopic (exact) mass is 142 g/mol. The summed E-state index contributed by atoms with van der Waals surface area (Å²) >= 11 is 4.64. The van der Waals surface area contributed by atoms with Crippen molar-refractivity contribution in [3.05, 3.63) is 0 Å². The Balaban J connectivity index is 0. The van der Waals surface area contributed by atoms with Gasteiger partial charge in [0.1, 0.15) is 0 Å². The van der Waals surface area contributed by atoms with Crippen LogP contribution in [0.25, 0.3) is 0 Å². The molecule has 0 spiro atoms. The molecule has 7 heavy (non-hydrogen) atoms. The van der Waals surface area contributed by atoms with Gasteiger partial charge in [0.15, 0.2) is 0 Å². The second-order valence-electron chi connectivity index (χ2n) is 0.695. The highest BCUT2D eigenvalue weighted by Crippen LogP contribution is 1.55. The van der Waals surface area contributed by atoms with Crippen molar-refractivity contribution in [2.45, 2.75) is 0 Å². The SMILES string of the molecule is CCl.CO[SiH2]OC. The molecule has 0 unspecified atom stereocenters. The van der Waals surface area contributed by atoms with Crippen LogP contribution in [-0.4, -0.2) is 30.6 Å². The van der Waals surface area contributed by atoms with E-state index in [4.69, 9.17) is 0 Å². The zero-order valence-corrected chi connectivity index (χ0v) is 7.07. The second-order valence-corrected chi connectivity index (χ2v) is 2.09. The minimum absolute atomic E-state index is 0.568. The molecule has 0 saturated carbocycles. The van der Waals surface area contributed by atoms with Crippen molar-refractivity contribution in [3.8, 4) is 0 Å². The van der Waals surface area contributed by atoms with Crippen LogP contribution < -0.4 is 0 Å². The minimum atomic E-state index is -0.568. The van der Waals surface area contributed by atoms with Gasteiger partial charge in [-0.25, -0.2) is 0 Å². The molecule has 0 bridgehead atoms. The molecule has 0 fully saturated rings. The predicted molar refractivity (Wildman–Crippen MR) is 34.3 cm³/mol. The van der Waals surface area contributed by atoms with Crippen molar-refractivity contribution in [2.24, 2.45) is 0 Å². The van der Waals surface area contributed by atoms with Gasteiger partial charge < -0.3 is 8.85 Å². The van der Waals surface area contributed by atoms with Gasteiger partial charge in [-0.05, 0) is 0 Å². The van der Waals surface area contributed by atoms with Gasteiger partial charge in [0.25, 0.3) is 0 Å². The summed E-state index contributed by atoms with van der Waals surface area (Å²) < 4.78 is 9.22. The molecule has 0 aromatic heterocycles. The summed E-state index contributed by atoms with van der Waals surface area (Å²) in [6.07, 6.45) is 1.47. The van der Waals surface area contributed by atoms with Crippen molar-refractivity contribution in [1.82, 2.24) is 0 Å². The molecule has 4 heteroatoms. The van der Waals surface area contributed by atoms with Gasteiger partial charge in [0, 0.05) is 20.6 Å². The smallest absolute Gasteiger partial charge is 0.303 e. The Morgan fingerprint density at radius 3 is 1.43 bits per heavy atom. The average Bonchev–Trinajstić information content (AvgIpc) is 1.75. The molecule has 0 radical (unpaired) electrons. The molecular formula is C3H11ClO2Si. The van der Waals surface area contributed by atoms with Crippen LogP contribution >= 0.6 is 11.6 Å². The van der Waals surface area contributed by atoms with Gasteiger partial charge in [-0.3, -0.25) is 0 Å². The Bertz CT molecular complexity index is 20.4. The first-order chi connectivity index (χ1) is 3.41. The molecule has 0 aromatic carbocycles. The molecule has 0 aliphatic rings. The summed E-state index contributed by atoms with van der Waals surface area (Å²) in [7, 11) is 2.73. The van der Waals surface area contributed by atoms with E-state index in [0.29, 0.717) is 0 Å². The van der Waals surface area contributed by atoms with Gasteiger partial charge in [0.05, 0.1) is 0 Å². The fraction of sp³-hybridized carbons (Fsp3) is 1.00. The minimum Gasteiger partial charge on any atom is -0.402 e. The van der Waals surface area contributed by atoms with E-state index in [2.05, 4.69) is 20.5 Å². The quantitative estimate of drug-likeness (QED) is 0.403. The number of halogens is 1. The molecule has 0 N–H and O–H groups in total. The highest BCUT2D eigenvalue weighted by atomic mass is 35.5. The molecule has 0 rings (SSSR count). The number of hydrogen-bond donors (Lipinski definition) is 0. The summed E-state index contributed by atoms with van der Waals surface area (Å²) in [5, 5.41) is 0. The summed E-state index contributed by atoms with van der Waals surface area (Å²) in [6, 6.07) is 0. The van der Waals surface area contributed by atoms with Crippen LogP contribution in [-0.2, 0) is 8.85 Å². The lowest BCUT2D eigenvalue weighted by Crippen LogP contribution is -1.93. The van der Waals surface area contributed by atoms with Crippen LogP contribution in [0.4, 0.5) is 0 Å². The molecule has 0 atom stereocenters. The third kappa shape index (κ3) is 21.4. The average molecular weight is 143 g/mol. The Labute approximate surface area is 51.8 Å². The molecule has 0 heterocycles. The number of rotatable bonds is 2. The maximum Gasteiger partial charge on any atom is 0.303 e. The van der Waals surface area contributed by atoms with E-state index in [0.717, 1.165) is 0 Å². The number of alkyl halides is 1. The molecule has 0 saturated heterocycles. The molecule has 0 aromatic rings. The third-order valence-electron chi connectivity index (χ3n) is 0.236. The highest BCUT2D eigenvalue weighted by molar-refractivity contribution is 6.17. The summed E-state index contributed by atoms with van der Waals surface area (Å²) in [4.78, 5) is 0. The van der Waals surface area contributed by atoms with Crippen molar-refractivity contribution in [3.63, 3.8) is 0 Å². The topological polar surface area (TPSA) is 18.5 Å². The zero-order chi connectivity index (χ0) is 6.12. The molecule has 2 nitrogen and oxygen atoms in total. The fourth-order valence-electron chi connectivity index (χ4n) is 0.118. The standard InChI is InChI=1S/C2H8O2Si.CH3Cl/c1-3-5-4-2;1-2/h5H2,1-2H3;1H3. The van der Waals surface area contributed by atoms with Crippen LogP contribution in [0.15, 0.2) is 0 Å². The van der Waals surface area contributed by atoms with Crippen LogP contribution in [0.5, 0.6) is 0 Å². The van der Waals surface area contributed by atoms with Crippen LogP contribution in [0, 0.1) is 0 Å². The first-order valence-electron chi connectivity index (χ1n) is 1.77. The Morgan fingerprint density at radius 2 is 1.43 bits per heavy atom. The van der Waals surface area contributed by atoms with E-state index in [-0.39, 0.29) is 0 Å². The normalized spacial score (nSPS) is 6.86. The van der Waals surface area contributed by atoms with Crippen molar-refractivity contribution in [2.75, 3.05) is 20.6 Å². The van der Waals surface area contributed by atoms with Gasteiger partial charge in [0.2, 0.25) is 0 Å². The lowest BCUT2D eigenvalue weighted by molar-refractivity contribution is 0.309. The highest BCUT2D eigenvalue weighted by Gasteiger charge is 1.67. The van der Waals surface area contributed by atoms with Crippen molar-refractivity contribution >= 4 is 21.6 Å². The van der Waals surface area contributed by atoms with Crippen LogP contribution in [0.3, 0.4) is 0 Å². The largest absolute Gasteiger partial charge is 0.402 e. The third-order valence-corrected chi connectivity index (χ3v) is 0.707. The maximum absolute atomic E-state index is 4.64. The summed E-state index contributed by atoms with van der Waals surface area (Å²) in [5.74, 6) is 0. The molecule has 0 amide bonds. The summed E-state index contributed by atoms with van der Waals surface area (Å²) in [6.45, 7) is 0. The summed E-state index contributed by atoms with van der Waals surface area (Å²) in [5.41, 5.74) is 0. The molecule has 46 valence electrons. The van der Waals surface area contributed by atoms with Gasteiger partial charge in [-0.1, -0.05) is 0 Å². The Morgan fingerprint density at radius 1 is 1.14 bits per heavy atom. The van der Waals surface area contributed by atoms with Gasteiger partial charge in [-0.2, -0.15) is 0 Å². The fourth-order valence-corrected chi connectivity index (χ4v) is 0.354. The van der Waals surface area contributed by atoms with Gasteiger partial charge >= 0.3 is 10.0 Å². The lowest BCUT2D eigenvalue weighted by Gasteiger charge is -1.86. The predicted octanol–water partition coefficient (Wildman–Crippen LogP) is 0.133. The number of hydrogen-bond acceptors (Lipinski definition) is 2. The first-order valence-corrected chi connectivity index (χ1v) is 3.68. The van der Waals surface area contributed by atoms with E-state index in [1.165, 1.54) is 6.38 Å². The van der Waals surface area contributed by atoms with E-state index in [9.17, 15) is 0 Å². The van der Waals surface area contributed by atoms with Crippen LogP contribution in [0.1, 0.15) is 0 Å².